The van der Waals surface area contributed by atoms with Gasteiger partial charge in [0.05, 0.1) is 9.90 Å². The van der Waals surface area contributed by atoms with Crippen LogP contribution in [0.4, 0.5) is 4.39 Å². The summed E-state index contributed by atoms with van der Waals surface area (Å²) in [6.45, 7) is 6.82. The summed E-state index contributed by atoms with van der Waals surface area (Å²) in [7, 11) is -1.27. The van der Waals surface area contributed by atoms with Gasteiger partial charge in [-0.15, -0.1) is 11.3 Å². The average molecular weight is 642 g/mol. The number of hydrogen-bond acceptors (Lipinski definition) is 7. The standard InChI is InChI=1S/C34H44FN3O4S2/c1-22(2)33(34(39)40)37(3)28-18-26(30(19-28)25-6-5-7-27(35)17-25)21-38-14-12-24(13-15-38)31-20-36-32(43-31)16-23-8-10-29(11-9-23)44(4,41)42/h5-11,17,20,22,24,26,28,30,33H,12-16,18-19,21H2,1-4H3,(H,39,40)/t26?,28?,30?,33-/m1/s1. The molecule has 5 rings (SSSR count). The molecule has 4 atom stereocenters. The minimum atomic E-state index is -3.21. The lowest BCUT2D eigenvalue weighted by molar-refractivity contribution is -0.145. The molecule has 2 aliphatic rings. The second kappa shape index (κ2) is 13.8. The molecule has 2 aromatic carbocycles. The number of hydrogen-bond donors (Lipinski definition) is 1. The fourth-order valence-corrected chi connectivity index (χ4v) is 9.04. The van der Waals surface area contributed by atoms with E-state index in [1.54, 1.807) is 35.6 Å². The summed E-state index contributed by atoms with van der Waals surface area (Å²) in [5, 5.41) is 11.0. The molecule has 1 saturated carbocycles. The van der Waals surface area contributed by atoms with E-state index in [4.69, 9.17) is 0 Å². The first-order chi connectivity index (χ1) is 20.9. The van der Waals surface area contributed by atoms with E-state index in [1.807, 2.05) is 50.2 Å². The number of piperidine rings is 1. The van der Waals surface area contributed by atoms with Crippen LogP contribution in [0.5, 0.6) is 0 Å². The van der Waals surface area contributed by atoms with E-state index in [0.717, 1.165) is 61.5 Å². The number of aliphatic carboxylic acids is 1. The van der Waals surface area contributed by atoms with Crippen LogP contribution < -0.4 is 0 Å². The van der Waals surface area contributed by atoms with Crippen LogP contribution in [0.1, 0.15) is 72.4 Å². The molecule has 3 aromatic rings. The number of carbonyl (C=O) groups is 1. The van der Waals surface area contributed by atoms with Gasteiger partial charge in [0.15, 0.2) is 9.84 Å². The molecule has 1 aliphatic carbocycles. The minimum Gasteiger partial charge on any atom is -0.480 e. The number of sulfone groups is 1. The van der Waals surface area contributed by atoms with E-state index < -0.39 is 21.8 Å². The second-order valence-corrected chi connectivity index (χ2v) is 16.2. The monoisotopic (exact) mass is 641 g/mol. The maximum Gasteiger partial charge on any atom is 0.321 e. The molecule has 3 unspecified atom stereocenters. The zero-order chi connectivity index (χ0) is 31.6. The van der Waals surface area contributed by atoms with Gasteiger partial charge in [-0.2, -0.15) is 0 Å². The van der Waals surface area contributed by atoms with E-state index in [1.165, 1.54) is 17.2 Å². The normalized spacial score (nSPS) is 22.6. The van der Waals surface area contributed by atoms with Crippen molar-refractivity contribution in [3.8, 4) is 0 Å². The van der Waals surface area contributed by atoms with Crippen molar-refractivity contribution in [3.05, 3.63) is 81.6 Å². The predicted molar refractivity (Wildman–Crippen MR) is 173 cm³/mol. The Balaban J connectivity index is 1.21. The third kappa shape index (κ3) is 7.76. The van der Waals surface area contributed by atoms with Crippen LogP contribution in [0.2, 0.25) is 0 Å². The quantitative estimate of drug-likeness (QED) is 0.272. The van der Waals surface area contributed by atoms with Gasteiger partial charge in [0.1, 0.15) is 11.9 Å². The van der Waals surface area contributed by atoms with E-state index >= 15 is 0 Å². The third-order valence-corrected chi connectivity index (χ3v) is 11.9. The van der Waals surface area contributed by atoms with E-state index in [-0.39, 0.29) is 23.7 Å². The summed E-state index contributed by atoms with van der Waals surface area (Å²) in [4.78, 5) is 23.0. The summed E-state index contributed by atoms with van der Waals surface area (Å²) in [5.74, 6) is -0.0323. The van der Waals surface area contributed by atoms with Crippen LogP contribution in [0.3, 0.4) is 0 Å². The number of aromatic nitrogens is 1. The Morgan fingerprint density at radius 2 is 1.84 bits per heavy atom. The van der Waals surface area contributed by atoms with Crippen molar-refractivity contribution in [1.29, 1.82) is 0 Å². The number of carboxylic acids is 1. The number of thiazole rings is 1. The van der Waals surface area contributed by atoms with Gasteiger partial charge in [-0.3, -0.25) is 9.69 Å². The Kier molecular flexibility index (Phi) is 10.2. The Hall–Kier alpha value is -2.66. The molecule has 238 valence electrons. The maximum atomic E-state index is 14.3. The molecule has 0 radical (unpaired) electrons. The van der Waals surface area contributed by atoms with E-state index in [2.05, 4.69) is 9.88 Å². The van der Waals surface area contributed by atoms with Crippen molar-refractivity contribution >= 4 is 27.1 Å². The Labute approximate surface area is 265 Å². The smallest absolute Gasteiger partial charge is 0.321 e. The van der Waals surface area contributed by atoms with Crippen molar-refractivity contribution in [1.82, 2.24) is 14.8 Å². The zero-order valence-electron chi connectivity index (χ0n) is 26.0. The van der Waals surface area contributed by atoms with E-state index in [0.29, 0.717) is 23.2 Å². The molecule has 1 aromatic heterocycles. The highest BCUT2D eigenvalue weighted by molar-refractivity contribution is 7.90. The third-order valence-electron chi connectivity index (χ3n) is 9.61. The van der Waals surface area contributed by atoms with Gasteiger partial charge >= 0.3 is 5.97 Å². The SMILES string of the molecule is CC(C)[C@H](C(=O)O)N(C)C1CC(CN2CCC(c3cnc(Cc4ccc(S(C)(=O)=O)cc4)s3)CC2)C(c2cccc(F)c2)C1. The Morgan fingerprint density at radius 3 is 2.45 bits per heavy atom. The number of carboxylic acid groups (broad SMARTS) is 1. The Morgan fingerprint density at radius 1 is 1.14 bits per heavy atom. The van der Waals surface area contributed by atoms with Crippen molar-refractivity contribution in [2.75, 3.05) is 32.9 Å². The molecule has 10 heteroatoms. The maximum absolute atomic E-state index is 14.3. The van der Waals surface area contributed by atoms with Crippen molar-refractivity contribution in [2.24, 2.45) is 11.8 Å². The van der Waals surface area contributed by atoms with Crippen molar-refractivity contribution in [3.63, 3.8) is 0 Å². The molecule has 1 N–H and O–H groups in total. The minimum absolute atomic E-state index is 0.00381. The van der Waals surface area contributed by atoms with Gasteiger partial charge in [0.2, 0.25) is 0 Å². The molecule has 1 saturated heterocycles. The van der Waals surface area contributed by atoms with Gasteiger partial charge in [0, 0.05) is 36.3 Å². The van der Waals surface area contributed by atoms with Gasteiger partial charge in [-0.05, 0) is 105 Å². The number of likely N-dealkylation sites (N-methyl/N-ethyl adjacent to an activating group) is 1. The highest BCUT2D eigenvalue weighted by atomic mass is 32.2. The Bertz CT molecular complexity index is 1530. The largest absolute Gasteiger partial charge is 0.480 e. The number of benzene rings is 2. The topological polar surface area (TPSA) is 90.8 Å². The first-order valence-electron chi connectivity index (χ1n) is 15.5. The predicted octanol–water partition coefficient (Wildman–Crippen LogP) is 6.06. The van der Waals surface area contributed by atoms with Crippen LogP contribution in [0.25, 0.3) is 0 Å². The lowest BCUT2D eigenvalue weighted by Crippen LogP contribution is -2.47. The van der Waals surface area contributed by atoms with Gasteiger partial charge in [0.25, 0.3) is 0 Å². The molecule has 2 heterocycles. The van der Waals surface area contributed by atoms with Crippen molar-refractivity contribution in [2.45, 2.75) is 74.8 Å². The molecule has 0 spiro atoms. The second-order valence-electron chi connectivity index (χ2n) is 13.1. The molecular formula is C34H44FN3O4S2. The number of likely N-dealkylation sites (tertiary alicyclic amines) is 1. The molecule has 7 nitrogen and oxygen atoms in total. The van der Waals surface area contributed by atoms with E-state index in [9.17, 15) is 22.7 Å². The lowest BCUT2D eigenvalue weighted by Gasteiger charge is -2.35. The zero-order valence-corrected chi connectivity index (χ0v) is 27.7. The summed E-state index contributed by atoms with van der Waals surface area (Å²) in [6, 6.07) is 13.6. The van der Waals surface area contributed by atoms with Crippen LogP contribution in [-0.2, 0) is 21.1 Å². The number of rotatable bonds is 11. The molecule has 44 heavy (non-hydrogen) atoms. The summed E-state index contributed by atoms with van der Waals surface area (Å²) in [6.07, 6.45) is 7.76. The van der Waals surface area contributed by atoms with Crippen molar-refractivity contribution < 1.29 is 22.7 Å². The first-order valence-corrected chi connectivity index (χ1v) is 18.3. The van der Waals surface area contributed by atoms with Crippen LogP contribution in [0.15, 0.2) is 59.6 Å². The van der Waals surface area contributed by atoms with Crippen LogP contribution in [-0.4, -0.2) is 79.3 Å². The summed E-state index contributed by atoms with van der Waals surface area (Å²) in [5.41, 5.74) is 2.06. The van der Waals surface area contributed by atoms with Gasteiger partial charge in [-0.1, -0.05) is 38.1 Å². The highest BCUT2D eigenvalue weighted by Gasteiger charge is 2.41. The molecule has 0 bridgehead atoms. The average Bonchev–Trinajstić information content (AvgIpc) is 3.60. The summed E-state index contributed by atoms with van der Waals surface area (Å²) < 4.78 is 37.8. The van der Waals surface area contributed by atoms with Gasteiger partial charge in [-0.25, -0.2) is 17.8 Å². The fourth-order valence-electron chi connectivity index (χ4n) is 7.29. The molecule has 0 amide bonds. The molecular weight excluding hydrogens is 598 g/mol. The first kappa shape index (κ1) is 32.7. The van der Waals surface area contributed by atoms with Crippen LogP contribution >= 0.6 is 11.3 Å². The fraction of sp³-hybridized carbons (Fsp3) is 0.529. The number of nitrogens with zero attached hydrogens (tertiary/aromatic N) is 3. The molecule has 2 fully saturated rings. The molecule has 1 aliphatic heterocycles. The van der Waals surface area contributed by atoms with Crippen LogP contribution in [0, 0.1) is 17.7 Å². The van der Waals surface area contributed by atoms with Gasteiger partial charge < -0.3 is 10.0 Å². The highest BCUT2D eigenvalue weighted by Crippen LogP contribution is 2.44. The number of halogens is 1. The lowest BCUT2D eigenvalue weighted by atomic mass is 9.87. The summed E-state index contributed by atoms with van der Waals surface area (Å²) >= 11 is 1.75.